The lowest BCUT2D eigenvalue weighted by Crippen LogP contribution is -2.33. The summed E-state index contributed by atoms with van der Waals surface area (Å²) in [7, 11) is 0. The number of ether oxygens (including phenoxy) is 2. The number of unbranched alkanes of at least 4 members (excludes halogenated alkanes) is 1. The molecule has 0 saturated carbocycles. The average molecular weight is 296 g/mol. The van der Waals surface area contributed by atoms with E-state index >= 15 is 0 Å². The number of carbonyl (C=O) groups excluding carboxylic acids is 1. The highest BCUT2D eigenvalue weighted by Gasteiger charge is 2.48. The van der Waals surface area contributed by atoms with Crippen molar-refractivity contribution in [1.82, 2.24) is 0 Å². The van der Waals surface area contributed by atoms with Crippen LogP contribution in [-0.2, 0) is 19.1 Å². The van der Waals surface area contributed by atoms with Gasteiger partial charge >= 0.3 is 11.9 Å². The lowest BCUT2D eigenvalue weighted by atomic mass is 9.84. The number of aliphatic carboxylic acids is 1. The van der Waals surface area contributed by atoms with Gasteiger partial charge in [0.2, 0.25) is 0 Å². The first-order chi connectivity index (χ1) is 10.1. The summed E-state index contributed by atoms with van der Waals surface area (Å²) in [6, 6.07) is 0. The molecule has 2 aliphatic rings. The number of rotatable bonds is 8. The first kappa shape index (κ1) is 15.9. The fourth-order valence-electron chi connectivity index (χ4n) is 2.79. The van der Waals surface area contributed by atoms with E-state index in [9.17, 15) is 14.7 Å². The molecule has 1 fully saturated rings. The molecule has 0 aromatic carbocycles. The normalized spacial score (nSPS) is 27.9. The molecule has 0 amide bonds. The number of carboxylic acids is 1. The molecule has 0 bridgehead atoms. The minimum atomic E-state index is -0.958. The van der Waals surface area contributed by atoms with Crippen LogP contribution in [0.2, 0.25) is 0 Å². The number of fused-ring (bicyclic) bond motifs is 1. The minimum absolute atomic E-state index is 0.0944. The van der Waals surface area contributed by atoms with Gasteiger partial charge in [0.1, 0.15) is 5.76 Å². The third-order valence-electron chi connectivity index (χ3n) is 4.38. The van der Waals surface area contributed by atoms with Gasteiger partial charge in [0, 0.05) is 6.42 Å². The van der Waals surface area contributed by atoms with Crippen LogP contribution in [0.5, 0.6) is 0 Å². The molecule has 1 heterocycles. The summed E-state index contributed by atoms with van der Waals surface area (Å²) in [6.45, 7) is 4.60. The Morgan fingerprint density at radius 1 is 1.48 bits per heavy atom. The average Bonchev–Trinajstić information content (AvgIpc) is 3.24. The van der Waals surface area contributed by atoms with E-state index in [0.29, 0.717) is 18.9 Å². The van der Waals surface area contributed by atoms with Gasteiger partial charge in [-0.15, -0.1) is 0 Å². The van der Waals surface area contributed by atoms with Crippen LogP contribution in [0.3, 0.4) is 0 Å². The first-order valence-electron chi connectivity index (χ1n) is 7.84. The van der Waals surface area contributed by atoms with Gasteiger partial charge in [0.25, 0.3) is 0 Å². The second-order valence-corrected chi connectivity index (χ2v) is 5.93. The van der Waals surface area contributed by atoms with Gasteiger partial charge in [0.15, 0.2) is 6.10 Å². The molecule has 21 heavy (non-hydrogen) atoms. The molecule has 5 nitrogen and oxygen atoms in total. The van der Waals surface area contributed by atoms with Crippen molar-refractivity contribution in [2.45, 2.75) is 52.1 Å². The SMILES string of the molecule is CCCCC(CC)COC(=O)C1C=C2OC2CC1C(=O)O. The van der Waals surface area contributed by atoms with Crippen LogP contribution >= 0.6 is 0 Å². The number of carboxylic acid groups (broad SMARTS) is 1. The molecule has 0 spiro atoms. The molecule has 4 unspecified atom stereocenters. The molecule has 2 rings (SSSR count). The van der Waals surface area contributed by atoms with Crippen molar-refractivity contribution in [3.63, 3.8) is 0 Å². The van der Waals surface area contributed by atoms with Crippen LogP contribution in [0.15, 0.2) is 11.8 Å². The monoisotopic (exact) mass is 296 g/mol. The summed E-state index contributed by atoms with van der Waals surface area (Å²) in [5.74, 6) is -1.73. The van der Waals surface area contributed by atoms with E-state index in [2.05, 4.69) is 13.8 Å². The van der Waals surface area contributed by atoms with Crippen molar-refractivity contribution >= 4 is 11.9 Å². The van der Waals surface area contributed by atoms with Gasteiger partial charge in [-0.2, -0.15) is 0 Å². The van der Waals surface area contributed by atoms with Gasteiger partial charge in [-0.1, -0.05) is 33.1 Å². The van der Waals surface area contributed by atoms with Crippen molar-refractivity contribution in [1.29, 1.82) is 0 Å². The minimum Gasteiger partial charge on any atom is -0.483 e. The second-order valence-electron chi connectivity index (χ2n) is 5.93. The summed E-state index contributed by atoms with van der Waals surface area (Å²) in [4.78, 5) is 23.5. The lowest BCUT2D eigenvalue weighted by Gasteiger charge is -2.22. The molecule has 4 atom stereocenters. The van der Waals surface area contributed by atoms with E-state index < -0.39 is 23.8 Å². The lowest BCUT2D eigenvalue weighted by molar-refractivity contribution is -0.157. The summed E-state index contributed by atoms with van der Waals surface area (Å²) in [5.41, 5.74) is 0. The fourth-order valence-corrected chi connectivity index (χ4v) is 2.79. The highest BCUT2D eigenvalue weighted by Crippen LogP contribution is 2.42. The Hall–Kier alpha value is -1.52. The highest BCUT2D eigenvalue weighted by molar-refractivity contribution is 5.83. The molecule has 0 radical (unpaired) electrons. The van der Waals surface area contributed by atoms with E-state index in [1.165, 1.54) is 0 Å². The van der Waals surface area contributed by atoms with E-state index in [-0.39, 0.29) is 6.10 Å². The zero-order valence-corrected chi connectivity index (χ0v) is 12.7. The van der Waals surface area contributed by atoms with E-state index in [0.717, 1.165) is 31.4 Å². The maximum Gasteiger partial charge on any atom is 0.313 e. The Morgan fingerprint density at radius 2 is 2.24 bits per heavy atom. The van der Waals surface area contributed by atoms with Crippen molar-refractivity contribution < 1.29 is 24.2 Å². The van der Waals surface area contributed by atoms with Crippen LogP contribution in [0, 0.1) is 17.8 Å². The van der Waals surface area contributed by atoms with Crippen LogP contribution in [0.1, 0.15) is 46.0 Å². The molecular formula is C16H24O5. The first-order valence-corrected chi connectivity index (χ1v) is 7.84. The van der Waals surface area contributed by atoms with E-state index in [1.54, 1.807) is 6.08 Å². The Balaban J connectivity index is 1.89. The highest BCUT2D eigenvalue weighted by atomic mass is 16.6. The maximum absolute atomic E-state index is 12.2. The summed E-state index contributed by atoms with van der Waals surface area (Å²) in [6.07, 6.45) is 6.15. The third-order valence-corrected chi connectivity index (χ3v) is 4.38. The molecule has 1 N–H and O–H groups in total. The predicted octanol–water partition coefficient (Wildman–Crippen LogP) is 2.75. The van der Waals surface area contributed by atoms with Gasteiger partial charge < -0.3 is 14.6 Å². The van der Waals surface area contributed by atoms with Crippen molar-refractivity contribution in [3.8, 4) is 0 Å². The number of esters is 1. The number of hydrogen-bond acceptors (Lipinski definition) is 4. The van der Waals surface area contributed by atoms with Crippen LogP contribution in [0.25, 0.3) is 0 Å². The standard InChI is InChI=1S/C16H24O5/c1-3-5-6-10(4-2)9-20-16(19)12-8-14-13(21-14)7-11(12)15(17)18/h8,10-13H,3-7,9H2,1-2H3,(H,17,18). The van der Waals surface area contributed by atoms with Crippen LogP contribution in [-0.4, -0.2) is 29.8 Å². The molecular weight excluding hydrogens is 272 g/mol. The number of epoxide rings is 1. The van der Waals surface area contributed by atoms with Gasteiger partial charge in [-0.05, 0) is 18.4 Å². The summed E-state index contributed by atoms with van der Waals surface area (Å²) < 4.78 is 10.6. The Morgan fingerprint density at radius 3 is 2.86 bits per heavy atom. The zero-order valence-electron chi connectivity index (χ0n) is 12.7. The quantitative estimate of drug-likeness (QED) is 0.550. The Bertz CT molecular complexity index is 428. The van der Waals surface area contributed by atoms with Crippen molar-refractivity contribution in [2.75, 3.05) is 6.61 Å². The Labute approximate surface area is 125 Å². The molecule has 1 aliphatic heterocycles. The molecule has 0 aromatic heterocycles. The number of hydrogen-bond donors (Lipinski definition) is 1. The van der Waals surface area contributed by atoms with Crippen molar-refractivity contribution in [3.05, 3.63) is 11.8 Å². The van der Waals surface area contributed by atoms with Crippen molar-refractivity contribution in [2.24, 2.45) is 17.8 Å². The molecule has 1 saturated heterocycles. The van der Waals surface area contributed by atoms with Crippen LogP contribution < -0.4 is 0 Å². The van der Waals surface area contributed by atoms with E-state index in [1.807, 2.05) is 0 Å². The maximum atomic E-state index is 12.2. The zero-order chi connectivity index (χ0) is 15.4. The van der Waals surface area contributed by atoms with Crippen LogP contribution in [0.4, 0.5) is 0 Å². The number of carbonyl (C=O) groups is 2. The summed E-state index contributed by atoms with van der Waals surface area (Å²) in [5, 5.41) is 9.24. The predicted molar refractivity (Wildman–Crippen MR) is 76.5 cm³/mol. The summed E-state index contributed by atoms with van der Waals surface area (Å²) >= 11 is 0. The van der Waals surface area contributed by atoms with Gasteiger partial charge in [0.05, 0.1) is 18.4 Å². The molecule has 118 valence electrons. The van der Waals surface area contributed by atoms with E-state index in [4.69, 9.17) is 9.47 Å². The van der Waals surface area contributed by atoms with Gasteiger partial charge in [-0.25, -0.2) is 0 Å². The van der Waals surface area contributed by atoms with Gasteiger partial charge in [-0.3, -0.25) is 9.59 Å². The molecule has 0 aromatic rings. The third kappa shape index (κ3) is 3.99. The smallest absolute Gasteiger partial charge is 0.313 e. The second kappa shape index (κ2) is 6.96. The molecule has 1 aliphatic carbocycles. The Kier molecular flexibility index (Phi) is 5.26. The largest absolute Gasteiger partial charge is 0.483 e. The molecule has 5 heteroatoms. The fraction of sp³-hybridized carbons (Fsp3) is 0.750. The topological polar surface area (TPSA) is 76.1 Å².